The van der Waals surface area contributed by atoms with Crippen LogP contribution in [0.5, 0.6) is 0 Å². The Morgan fingerprint density at radius 2 is 1.35 bits per heavy atom. The zero-order valence-electron chi connectivity index (χ0n) is 19.5. The summed E-state index contributed by atoms with van der Waals surface area (Å²) in [6.07, 6.45) is 1.04. The van der Waals surface area contributed by atoms with Gasteiger partial charge in [-0.1, -0.05) is 117 Å². The minimum Gasteiger partial charge on any atom is -0.369 e. The van der Waals surface area contributed by atoms with Crippen LogP contribution in [-0.2, 0) is 18.5 Å². The summed E-state index contributed by atoms with van der Waals surface area (Å²) in [4.78, 5) is 7.08. The number of benzene rings is 4. The molecule has 1 aliphatic rings. The molecule has 0 aliphatic carbocycles. The summed E-state index contributed by atoms with van der Waals surface area (Å²) < 4.78 is 0. The molecule has 3 heteroatoms. The van der Waals surface area contributed by atoms with Gasteiger partial charge in [0.05, 0.1) is 12.2 Å². The van der Waals surface area contributed by atoms with Crippen LogP contribution in [0.15, 0.2) is 126 Å². The van der Waals surface area contributed by atoms with Crippen LogP contribution in [0.4, 0.5) is 0 Å². The highest BCUT2D eigenvalue weighted by Gasteiger charge is 2.45. The second-order valence-electron chi connectivity index (χ2n) is 8.70. The van der Waals surface area contributed by atoms with Gasteiger partial charge in [-0.05, 0) is 45.9 Å². The smallest absolute Gasteiger partial charge is 0.197 e. The molecule has 0 fully saturated rings. The number of rotatable bonds is 6. The monoisotopic (exact) mass is 443 g/mol. The Morgan fingerprint density at radius 3 is 1.94 bits per heavy atom. The van der Waals surface area contributed by atoms with Gasteiger partial charge in [0, 0.05) is 0 Å². The SMILES string of the molecule is C=C1N(Cc2cccc(-c3ccc(CC)cc3)c2)C(N)=NC1(c1ccccc1)c1ccccc1. The summed E-state index contributed by atoms with van der Waals surface area (Å²) in [5.74, 6) is 0.482. The average molecular weight is 444 g/mol. The maximum Gasteiger partial charge on any atom is 0.197 e. The topological polar surface area (TPSA) is 41.6 Å². The third-order valence-electron chi connectivity index (χ3n) is 6.65. The predicted octanol–water partition coefficient (Wildman–Crippen LogP) is 6.50. The van der Waals surface area contributed by atoms with Crippen LogP contribution in [-0.4, -0.2) is 10.9 Å². The lowest BCUT2D eigenvalue weighted by Crippen LogP contribution is -2.34. The molecule has 0 amide bonds. The standard InChI is InChI=1S/C31H29N3/c1-3-24-17-19-26(20-18-24)27-12-10-11-25(21-27)22-34-23(2)31(33-30(34)32,28-13-6-4-7-14-28)29-15-8-5-9-16-29/h4-21H,2-3,22H2,1H3,(H2,32,33). The highest BCUT2D eigenvalue weighted by Crippen LogP contribution is 2.45. The van der Waals surface area contributed by atoms with Crippen molar-refractivity contribution in [1.82, 2.24) is 4.90 Å². The van der Waals surface area contributed by atoms with Crippen molar-refractivity contribution in [3.63, 3.8) is 0 Å². The van der Waals surface area contributed by atoms with E-state index in [1.54, 1.807) is 0 Å². The van der Waals surface area contributed by atoms with Gasteiger partial charge in [-0.2, -0.15) is 0 Å². The molecule has 4 aromatic carbocycles. The fourth-order valence-electron chi connectivity index (χ4n) is 4.76. The van der Waals surface area contributed by atoms with E-state index in [0.717, 1.165) is 28.8 Å². The summed E-state index contributed by atoms with van der Waals surface area (Å²) in [6, 6.07) is 38.0. The molecule has 34 heavy (non-hydrogen) atoms. The molecule has 168 valence electrons. The van der Waals surface area contributed by atoms with E-state index in [9.17, 15) is 0 Å². The molecule has 0 atom stereocenters. The summed E-state index contributed by atoms with van der Waals surface area (Å²) >= 11 is 0. The van der Waals surface area contributed by atoms with Gasteiger partial charge >= 0.3 is 0 Å². The van der Waals surface area contributed by atoms with E-state index >= 15 is 0 Å². The molecule has 0 spiro atoms. The maximum atomic E-state index is 6.56. The lowest BCUT2D eigenvalue weighted by atomic mass is 9.81. The van der Waals surface area contributed by atoms with Crippen molar-refractivity contribution in [3.05, 3.63) is 144 Å². The van der Waals surface area contributed by atoms with E-state index in [0.29, 0.717) is 12.5 Å². The first kappa shape index (κ1) is 21.7. The first-order valence-electron chi connectivity index (χ1n) is 11.7. The maximum absolute atomic E-state index is 6.56. The third kappa shape index (κ3) is 3.80. The van der Waals surface area contributed by atoms with E-state index in [1.165, 1.54) is 16.7 Å². The van der Waals surface area contributed by atoms with E-state index < -0.39 is 5.54 Å². The molecule has 0 saturated heterocycles. The molecule has 0 unspecified atom stereocenters. The fraction of sp³-hybridized carbons (Fsp3) is 0.129. The van der Waals surface area contributed by atoms with E-state index in [4.69, 9.17) is 10.7 Å². The first-order chi connectivity index (χ1) is 16.6. The van der Waals surface area contributed by atoms with Crippen LogP contribution >= 0.6 is 0 Å². The van der Waals surface area contributed by atoms with Crippen molar-refractivity contribution >= 4 is 5.96 Å². The molecular weight excluding hydrogens is 414 g/mol. The number of nitrogens with zero attached hydrogens (tertiary/aromatic N) is 2. The number of hydrogen-bond acceptors (Lipinski definition) is 3. The zero-order valence-corrected chi connectivity index (χ0v) is 19.5. The lowest BCUT2D eigenvalue weighted by Gasteiger charge is -2.31. The normalized spacial score (nSPS) is 14.8. The number of guanidine groups is 1. The van der Waals surface area contributed by atoms with Crippen LogP contribution in [0.2, 0.25) is 0 Å². The summed E-state index contributed by atoms with van der Waals surface area (Å²) in [6.45, 7) is 7.30. The minimum atomic E-state index is -0.736. The molecule has 5 rings (SSSR count). The van der Waals surface area contributed by atoms with Gasteiger partial charge in [-0.15, -0.1) is 0 Å². The van der Waals surface area contributed by atoms with Crippen molar-refractivity contribution < 1.29 is 0 Å². The molecule has 0 radical (unpaired) electrons. The van der Waals surface area contributed by atoms with Gasteiger partial charge < -0.3 is 10.6 Å². The van der Waals surface area contributed by atoms with Crippen molar-refractivity contribution in [2.24, 2.45) is 10.7 Å². The summed E-state index contributed by atoms with van der Waals surface area (Å²) in [5, 5.41) is 0. The molecular formula is C31H29N3. The first-order valence-corrected chi connectivity index (χ1v) is 11.7. The molecule has 1 aliphatic heterocycles. The summed E-state index contributed by atoms with van der Waals surface area (Å²) in [7, 11) is 0. The van der Waals surface area contributed by atoms with E-state index in [2.05, 4.69) is 86.3 Å². The van der Waals surface area contributed by atoms with Gasteiger partial charge in [0.25, 0.3) is 0 Å². The Hall–Kier alpha value is -4.11. The van der Waals surface area contributed by atoms with Gasteiger partial charge in [-0.25, -0.2) is 4.99 Å². The van der Waals surface area contributed by atoms with Crippen molar-refractivity contribution in [1.29, 1.82) is 0 Å². The molecule has 0 bridgehead atoms. The molecule has 3 nitrogen and oxygen atoms in total. The van der Waals surface area contributed by atoms with Gasteiger partial charge in [0.1, 0.15) is 0 Å². The number of aliphatic imine (C=N–C) groups is 1. The number of aryl methyl sites for hydroxylation is 1. The molecule has 0 saturated carbocycles. The molecule has 4 aromatic rings. The number of hydrogen-bond donors (Lipinski definition) is 1. The highest BCUT2D eigenvalue weighted by molar-refractivity contribution is 5.85. The van der Waals surface area contributed by atoms with Crippen LogP contribution in [0, 0.1) is 0 Å². The van der Waals surface area contributed by atoms with Gasteiger partial charge in [0.2, 0.25) is 0 Å². The largest absolute Gasteiger partial charge is 0.369 e. The van der Waals surface area contributed by atoms with E-state index in [-0.39, 0.29) is 0 Å². The summed E-state index contributed by atoms with van der Waals surface area (Å²) in [5.41, 5.74) is 13.7. The van der Waals surface area contributed by atoms with Crippen molar-refractivity contribution in [3.8, 4) is 11.1 Å². The van der Waals surface area contributed by atoms with Crippen molar-refractivity contribution in [2.75, 3.05) is 0 Å². The molecule has 2 N–H and O–H groups in total. The fourth-order valence-corrected chi connectivity index (χ4v) is 4.76. The van der Waals surface area contributed by atoms with Crippen LogP contribution in [0.3, 0.4) is 0 Å². The quantitative estimate of drug-likeness (QED) is 0.369. The Kier molecular flexibility index (Phi) is 5.77. The second kappa shape index (κ2) is 9.03. The highest BCUT2D eigenvalue weighted by atomic mass is 15.3. The van der Waals surface area contributed by atoms with Gasteiger partial charge in [0.15, 0.2) is 11.5 Å². The number of nitrogens with two attached hydrogens (primary N) is 1. The van der Waals surface area contributed by atoms with Crippen molar-refractivity contribution in [2.45, 2.75) is 25.4 Å². The molecule has 1 heterocycles. The Morgan fingerprint density at radius 1 is 0.735 bits per heavy atom. The van der Waals surface area contributed by atoms with Gasteiger partial charge in [-0.3, -0.25) is 0 Å². The van der Waals surface area contributed by atoms with E-state index in [1.807, 2.05) is 41.3 Å². The second-order valence-corrected chi connectivity index (χ2v) is 8.70. The minimum absolute atomic E-state index is 0.482. The lowest BCUT2D eigenvalue weighted by molar-refractivity contribution is 0.466. The Labute approximate surface area is 201 Å². The third-order valence-corrected chi connectivity index (χ3v) is 6.65. The van der Waals surface area contributed by atoms with Crippen LogP contribution in [0.25, 0.3) is 11.1 Å². The zero-order chi connectivity index (χ0) is 23.5. The Bertz CT molecular complexity index is 1280. The Balaban J connectivity index is 1.49. The van der Waals surface area contributed by atoms with Crippen LogP contribution in [0.1, 0.15) is 29.2 Å². The van der Waals surface area contributed by atoms with Crippen LogP contribution < -0.4 is 5.73 Å². The average Bonchev–Trinajstić information content (AvgIpc) is 3.15. The molecule has 0 aromatic heterocycles. The predicted molar refractivity (Wildman–Crippen MR) is 141 cm³/mol.